The SMILES string of the molecule is C1=CNNN=C1.O=C(O)C=NN=S(=O)=O.O=S(=O)(F)F.c1ccccc1. The summed E-state index contributed by atoms with van der Waals surface area (Å²) >= 11 is 0. The molecule has 0 bridgehead atoms. The van der Waals surface area contributed by atoms with E-state index in [4.69, 9.17) is 13.5 Å². The Labute approximate surface area is 148 Å². The van der Waals surface area contributed by atoms with Crippen LogP contribution in [0.4, 0.5) is 7.77 Å². The normalized spacial score (nSPS) is 11.0. The van der Waals surface area contributed by atoms with Gasteiger partial charge in [0.05, 0.1) is 6.21 Å². The number of carboxylic acids is 1. The van der Waals surface area contributed by atoms with Gasteiger partial charge in [-0.1, -0.05) is 44.2 Å². The van der Waals surface area contributed by atoms with Crippen LogP contribution in [0.5, 0.6) is 0 Å². The quantitative estimate of drug-likeness (QED) is 0.359. The van der Waals surface area contributed by atoms with Crippen molar-refractivity contribution >= 4 is 39.5 Å². The van der Waals surface area contributed by atoms with Crippen molar-refractivity contribution in [2.24, 2.45) is 14.7 Å². The van der Waals surface area contributed by atoms with Crippen LogP contribution in [0.15, 0.2) is 63.3 Å². The highest BCUT2D eigenvalue weighted by molar-refractivity contribution is 7.81. The minimum Gasteiger partial charge on any atom is -0.477 e. The molecule has 1 aliphatic rings. The van der Waals surface area contributed by atoms with Crippen LogP contribution >= 0.6 is 0 Å². The van der Waals surface area contributed by atoms with E-state index < -0.39 is 27.1 Å². The maximum absolute atomic E-state index is 9.99. The molecular formula is C11H13F2N5O6S2. The molecule has 1 aromatic rings. The largest absolute Gasteiger partial charge is 0.477 e. The van der Waals surface area contributed by atoms with Crippen molar-refractivity contribution in [1.82, 2.24) is 11.0 Å². The van der Waals surface area contributed by atoms with Gasteiger partial charge in [0.15, 0.2) is 0 Å². The number of hydrazone groups is 1. The van der Waals surface area contributed by atoms with Gasteiger partial charge in [0.1, 0.15) is 6.21 Å². The maximum atomic E-state index is 9.99. The minimum atomic E-state index is -5.67. The Kier molecular flexibility index (Phi) is 16.0. The zero-order valence-electron chi connectivity index (χ0n) is 12.7. The molecule has 0 spiro atoms. The molecule has 3 N–H and O–H groups in total. The summed E-state index contributed by atoms with van der Waals surface area (Å²) in [4.78, 5) is 9.57. The molecule has 144 valence electrons. The number of aliphatic carboxylic acids is 1. The Morgan fingerprint density at radius 3 is 1.77 bits per heavy atom. The number of allylic oxidation sites excluding steroid dienone is 1. The van der Waals surface area contributed by atoms with Crippen molar-refractivity contribution in [3.63, 3.8) is 0 Å². The van der Waals surface area contributed by atoms with Gasteiger partial charge in [-0.2, -0.15) is 21.9 Å². The van der Waals surface area contributed by atoms with E-state index in [-0.39, 0.29) is 0 Å². The van der Waals surface area contributed by atoms with E-state index in [1.807, 2.05) is 36.4 Å². The van der Waals surface area contributed by atoms with Gasteiger partial charge in [-0.3, -0.25) is 5.43 Å². The van der Waals surface area contributed by atoms with Gasteiger partial charge in [-0.05, 0) is 10.5 Å². The predicted octanol–water partition coefficient (Wildman–Crippen LogP) is 0.570. The highest BCUT2D eigenvalue weighted by Crippen LogP contribution is 1.85. The first-order valence-electron chi connectivity index (χ1n) is 6.02. The van der Waals surface area contributed by atoms with Crippen molar-refractivity contribution < 1.29 is 34.5 Å². The lowest BCUT2D eigenvalue weighted by Crippen LogP contribution is -2.22. The van der Waals surface area contributed by atoms with Crippen LogP contribution in [0.1, 0.15) is 0 Å². The number of rotatable bonds is 2. The Bertz CT molecular complexity index is 771. The monoisotopic (exact) mass is 413 g/mol. The third-order valence-electron chi connectivity index (χ3n) is 1.42. The van der Waals surface area contributed by atoms with Gasteiger partial charge in [-0.15, -0.1) is 5.10 Å². The standard InChI is InChI=1S/C6H6.C3H5N3.C2H2N2O4S.F2O2S/c2*1-2-4-6-5-3-1;5-2(6)1-3-4-9(7)8;1-5(2,3)4/h1-6H;1-4,6H;1H,(H,5,6);. The molecule has 2 rings (SSSR count). The van der Waals surface area contributed by atoms with E-state index in [0.717, 1.165) is 0 Å². The molecule has 0 radical (unpaired) electrons. The van der Waals surface area contributed by atoms with Crippen molar-refractivity contribution in [3.05, 3.63) is 48.7 Å². The number of hydrogen-bond donors (Lipinski definition) is 3. The van der Waals surface area contributed by atoms with Crippen LogP contribution in [0.3, 0.4) is 0 Å². The molecule has 0 fully saturated rings. The smallest absolute Gasteiger partial charge is 0.476 e. The molecular weight excluding hydrogens is 400 g/mol. The van der Waals surface area contributed by atoms with E-state index in [1.165, 1.54) is 0 Å². The average Bonchev–Trinajstić information content (AvgIpc) is 2.57. The van der Waals surface area contributed by atoms with Crippen LogP contribution in [-0.4, -0.2) is 40.3 Å². The Morgan fingerprint density at radius 1 is 1.12 bits per heavy atom. The molecule has 1 heterocycles. The molecule has 1 aliphatic heterocycles. The van der Waals surface area contributed by atoms with Crippen molar-refractivity contribution in [3.8, 4) is 0 Å². The van der Waals surface area contributed by atoms with Crippen molar-refractivity contribution in [2.45, 2.75) is 0 Å². The number of hydrazine groups is 1. The number of hydrogen-bond acceptors (Lipinski definition) is 9. The van der Waals surface area contributed by atoms with Crippen LogP contribution in [0, 0.1) is 0 Å². The first-order chi connectivity index (χ1) is 12.1. The van der Waals surface area contributed by atoms with Crippen LogP contribution in [0.2, 0.25) is 0 Å². The van der Waals surface area contributed by atoms with Crippen molar-refractivity contribution in [2.75, 3.05) is 0 Å². The molecule has 11 nitrogen and oxygen atoms in total. The van der Waals surface area contributed by atoms with Gasteiger partial charge in [-0.25, -0.2) is 10.3 Å². The third-order valence-corrected chi connectivity index (χ3v) is 1.65. The topological polar surface area (TPSA) is 167 Å². The summed E-state index contributed by atoms with van der Waals surface area (Å²) in [7, 11) is -8.33. The van der Waals surface area contributed by atoms with E-state index in [2.05, 4.69) is 25.6 Å². The molecule has 0 saturated carbocycles. The predicted molar refractivity (Wildman–Crippen MR) is 89.0 cm³/mol. The average molecular weight is 413 g/mol. The summed E-state index contributed by atoms with van der Waals surface area (Å²) in [6.45, 7) is 0. The lowest BCUT2D eigenvalue weighted by molar-refractivity contribution is -0.128. The van der Waals surface area contributed by atoms with Gasteiger partial charge >= 0.3 is 27.1 Å². The fourth-order valence-corrected chi connectivity index (χ4v) is 0.866. The summed E-state index contributed by atoms with van der Waals surface area (Å²) in [5.74, 6) is -1.34. The number of carbonyl (C=O) groups is 1. The van der Waals surface area contributed by atoms with Crippen LogP contribution in [-0.2, 0) is 25.9 Å². The minimum absolute atomic E-state index is 0.371. The number of nitrogens with one attached hydrogen (secondary N) is 2. The summed E-state index contributed by atoms with van der Waals surface area (Å²) < 4.78 is 58.1. The highest BCUT2D eigenvalue weighted by atomic mass is 32.3. The summed E-state index contributed by atoms with van der Waals surface area (Å²) in [5.41, 5.74) is 5.17. The second-order valence-electron chi connectivity index (χ2n) is 3.31. The molecule has 0 aromatic heterocycles. The summed E-state index contributed by atoms with van der Waals surface area (Å²) in [6.07, 6.45) is 5.59. The molecule has 0 amide bonds. The van der Waals surface area contributed by atoms with E-state index in [0.29, 0.717) is 6.21 Å². The molecule has 15 heteroatoms. The van der Waals surface area contributed by atoms with Crippen LogP contribution in [0.25, 0.3) is 0 Å². The number of halogens is 2. The Morgan fingerprint density at radius 2 is 1.58 bits per heavy atom. The molecule has 0 unspecified atom stereocenters. The highest BCUT2D eigenvalue weighted by Gasteiger charge is 1.94. The summed E-state index contributed by atoms with van der Waals surface area (Å²) in [6, 6.07) is 12.0. The van der Waals surface area contributed by atoms with Gasteiger partial charge < -0.3 is 5.11 Å². The lowest BCUT2D eigenvalue weighted by Gasteiger charge is -1.97. The summed E-state index contributed by atoms with van der Waals surface area (Å²) in [5, 5.41) is 14.1. The van der Waals surface area contributed by atoms with Gasteiger partial charge in [0, 0.05) is 6.20 Å². The van der Waals surface area contributed by atoms with E-state index >= 15 is 0 Å². The second-order valence-corrected chi connectivity index (χ2v) is 4.66. The molecule has 0 aliphatic carbocycles. The molecule has 0 atom stereocenters. The van der Waals surface area contributed by atoms with Gasteiger partial charge in [0.25, 0.3) is 0 Å². The van der Waals surface area contributed by atoms with Crippen LogP contribution < -0.4 is 11.0 Å². The lowest BCUT2D eigenvalue weighted by atomic mass is 10.4. The fraction of sp³-hybridized carbons (Fsp3) is 0. The zero-order chi connectivity index (χ0) is 20.3. The molecule has 1 aromatic carbocycles. The fourth-order valence-electron chi connectivity index (χ4n) is 0.742. The molecule has 0 saturated heterocycles. The van der Waals surface area contributed by atoms with Gasteiger partial charge in [0.2, 0.25) is 0 Å². The van der Waals surface area contributed by atoms with Crippen molar-refractivity contribution in [1.29, 1.82) is 0 Å². The Hall–Kier alpha value is -3.20. The number of carboxylic acid groups (broad SMARTS) is 1. The zero-order valence-corrected chi connectivity index (χ0v) is 14.3. The first-order valence-corrected chi connectivity index (χ1v) is 8.34. The number of benzene rings is 1. The Balaban J connectivity index is 0. The maximum Gasteiger partial charge on any atom is 0.476 e. The van der Waals surface area contributed by atoms with E-state index in [9.17, 15) is 21.0 Å². The third kappa shape index (κ3) is 37.2. The van der Waals surface area contributed by atoms with E-state index in [1.54, 1.807) is 18.5 Å². The first kappa shape index (κ1) is 25.0. The number of nitrogens with zero attached hydrogens (tertiary/aromatic N) is 3. The molecule has 26 heavy (non-hydrogen) atoms. The second kappa shape index (κ2) is 16.7.